The van der Waals surface area contributed by atoms with Crippen molar-refractivity contribution >= 4 is 5.91 Å². The van der Waals surface area contributed by atoms with Gasteiger partial charge in [0, 0.05) is 12.5 Å². The molecule has 2 rings (SSSR count). The maximum Gasteiger partial charge on any atom is 0.238 e. The molecule has 0 spiro atoms. The predicted octanol–water partition coefficient (Wildman–Crippen LogP) is -0.136. The second-order valence-electron chi connectivity index (χ2n) is 3.98. The average Bonchev–Trinajstić information content (AvgIpc) is 2.47. The van der Waals surface area contributed by atoms with E-state index < -0.39 is 0 Å². The van der Waals surface area contributed by atoms with E-state index in [-0.39, 0.29) is 5.91 Å². The lowest BCUT2D eigenvalue weighted by atomic mass is 10.1. The summed E-state index contributed by atoms with van der Waals surface area (Å²) in [5, 5.41) is 5.15. The summed E-state index contributed by atoms with van der Waals surface area (Å²) >= 11 is 0. The van der Waals surface area contributed by atoms with E-state index >= 15 is 0 Å². The molecular formula is C9H17N3O. The summed E-state index contributed by atoms with van der Waals surface area (Å²) in [5.41, 5.74) is 3.23. The normalized spacial score (nSPS) is 31.3. The van der Waals surface area contributed by atoms with Crippen LogP contribution in [-0.4, -0.2) is 36.1 Å². The van der Waals surface area contributed by atoms with Gasteiger partial charge in [0.15, 0.2) is 0 Å². The Kier molecular flexibility index (Phi) is 2.51. The van der Waals surface area contributed by atoms with Crippen LogP contribution in [0.5, 0.6) is 0 Å². The molecular weight excluding hydrogens is 166 g/mol. The first-order valence-corrected chi connectivity index (χ1v) is 5.06. The maximum absolute atomic E-state index is 11.5. The fourth-order valence-electron chi connectivity index (χ4n) is 2.09. The number of nitrogens with one attached hydrogen (secondary N) is 2. The van der Waals surface area contributed by atoms with Crippen LogP contribution < -0.4 is 10.7 Å². The first-order valence-electron chi connectivity index (χ1n) is 5.06. The highest BCUT2D eigenvalue weighted by Gasteiger charge is 2.32. The third kappa shape index (κ3) is 1.84. The van der Waals surface area contributed by atoms with Crippen LogP contribution in [0.15, 0.2) is 0 Å². The zero-order chi connectivity index (χ0) is 9.26. The molecule has 0 radical (unpaired) electrons. The second-order valence-corrected chi connectivity index (χ2v) is 3.98. The molecule has 4 nitrogen and oxygen atoms in total. The van der Waals surface area contributed by atoms with E-state index in [2.05, 4.69) is 17.7 Å². The zero-order valence-electron chi connectivity index (χ0n) is 8.05. The molecule has 0 aliphatic carbocycles. The smallest absolute Gasteiger partial charge is 0.238 e. The van der Waals surface area contributed by atoms with E-state index in [1.54, 1.807) is 0 Å². The van der Waals surface area contributed by atoms with Gasteiger partial charge in [-0.1, -0.05) is 0 Å². The van der Waals surface area contributed by atoms with Gasteiger partial charge in [0.1, 0.15) is 0 Å². The highest BCUT2D eigenvalue weighted by Crippen LogP contribution is 2.16. The van der Waals surface area contributed by atoms with Crippen LogP contribution in [-0.2, 0) is 4.79 Å². The molecule has 2 N–H and O–H groups in total. The monoisotopic (exact) mass is 183 g/mol. The van der Waals surface area contributed by atoms with E-state index in [1.165, 1.54) is 0 Å². The molecule has 74 valence electrons. The number of carbonyl (C=O) groups is 1. The molecule has 0 aromatic carbocycles. The predicted molar refractivity (Wildman–Crippen MR) is 50.0 cm³/mol. The van der Waals surface area contributed by atoms with Gasteiger partial charge in [-0.3, -0.25) is 9.80 Å². The number of nitrogens with zero attached hydrogens (tertiary/aromatic N) is 1. The fourth-order valence-corrected chi connectivity index (χ4v) is 2.09. The van der Waals surface area contributed by atoms with E-state index in [1.807, 2.05) is 5.01 Å². The van der Waals surface area contributed by atoms with Gasteiger partial charge in [0.2, 0.25) is 5.91 Å². The maximum atomic E-state index is 11.5. The standard InChI is InChI=1S/C9H17N3O/c1-7-6-9(13)12(11-7)8-2-4-10-5-3-8/h7-8,10-11H,2-6H2,1H3. The topological polar surface area (TPSA) is 44.4 Å². The Hall–Kier alpha value is -0.610. The molecule has 0 saturated carbocycles. The highest BCUT2D eigenvalue weighted by molar-refractivity contribution is 5.78. The van der Waals surface area contributed by atoms with Crippen molar-refractivity contribution in [3.05, 3.63) is 0 Å². The van der Waals surface area contributed by atoms with Gasteiger partial charge in [-0.25, -0.2) is 5.43 Å². The molecule has 2 saturated heterocycles. The third-order valence-electron chi connectivity index (χ3n) is 2.78. The van der Waals surface area contributed by atoms with Gasteiger partial charge < -0.3 is 5.32 Å². The molecule has 1 unspecified atom stereocenters. The molecule has 1 amide bonds. The molecule has 4 heteroatoms. The minimum absolute atomic E-state index is 0.263. The van der Waals surface area contributed by atoms with Crippen molar-refractivity contribution in [2.24, 2.45) is 0 Å². The molecule has 0 aromatic rings. The van der Waals surface area contributed by atoms with Crippen LogP contribution in [0.1, 0.15) is 26.2 Å². The Morgan fingerprint density at radius 2 is 2.08 bits per heavy atom. The summed E-state index contributed by atoms with van der Waals surface area (Å²) in [6, 6.07) is 0.737. The third-order valence-corrected chi connectivity index (χ3v) is 2.78. The number of hydrogen-bond acceptors (Lipinski definition) is 3. The van der Waals surface area contributed by atoms with E-state index in [9.17, 15) is 4.79 Å². The molecule has 2 aliphatic heterocycles. The van der Waals surface area contributed by atoms with Gasteiger partial charge in [-0.2, -0.15) is 0 Å². The van der Waals surface area contributed by atoms with Crippen LogP contribution in [0.2, 0.25) is 0 Å². The van der Waals surface area contributed by atoms with Gasteiger partial charge in [0.05, 0.1) is 6.04 Å². The summed E-state index contributed by atoms with van der Waals surface area (Å²) < 4.78 is 0. The lowest BCUT2D eigenvalue weighted by Crippen LogP contribution is -2.49. The highest BCUT2D eigenvalue weighted by atomic mass is 16.2. The van der Waals surface area contributed by atoms with Crippen molar-refractivity contribution < 1.29 is 4.79 Å². The summed E-state index contributed by atoms with van der Waals surface area (Å²) in [7, 11) is 0. The largest absolute Gasteiger partial charge is 0.317 e. The van der Waals surface area contributed by atoms with Crippen molar-refractivity contribution in [1.82, 2.24) is 15.8 Å². The fraction of sp³-hybridized carbons (Fsp3) is 0.889. The minimum Gasteiger partial charge on any atom is -0.317 e. The SMILES string of the molecule is CC1CC(=O)N(C2CCNCC2)N1. The van der Waals surface area contributed by atoms with Crippen molar-refractivity contribution in [2.75, 3.05) is 13.1 Å². The van der Waals surface area contributed by atoms with Gasteiger partial charge in [-0.15, -0.1) is 0 Å². The molecule has 0 bridgehead atoms. The van der Waals surface area contributed by atoms with Crippen molar-refractivity contribution in [3.63, 3.8) is 0 Å². The van der Waals surface area contributed by atoms with Crippen LogP contribution >= 0.6 is 0 Å². The molecule has 0 aromatic heterocycles. The first kappa shape index (κ1) is 8.97. The number of amides is 1. The molecule has 13 heavy (non-hydrogen) atoms. The summed E-state index contributed by atoms with van der Waals surface area (Å²) in [6.45, 7) is 4.12. The Morgan fingerprint density at radius 3 is 2.62 bits per heavy atom. The van der Waals surface area contributed by atoms with E-state index in [0.29, 0.717) is 18.5 Å². The number of hydrogen-bond donors (Lipinski definition) is 2. The van der Waals surface area contributed by atoms with Gasteiger partial charge >= 0.3 is 0 Å². The first-order chi connectivity index (χ1) is 6.27. The summed E-state index contributed by atoms with van der Waals surface area (Å²) in [6.07, 6.45) is 2.81. The van der Waals surface area contributed by atoms with E-state index in [0.717, 1.165) is 25.9 Å². The number of hydrazine groups is 1. The summed E-state index contributed by atoms with van der Waals surface area (Å²) in [4.78, 5) is 11.5. The molecule has 2 heterocycles. The lowest BCUT2D eigenvalue weighted by Gasteiger charge is -2.31. The lowest BCUT2D eigenvalue weighted by molar-refractivity contribution is -0.132. The molecule has 2 fully saturated rings. The zero-order valence-corrected chi connectivity index (χ0v) is 8.05. The summed E-state index contributed by atoms with van der Waals surface area (Å²) in [5.74, 6) is 0.263. The van der Waals surface area contributed by atoms with Crippen LogP contribution in [0.25, 0.3) is 0 Å². The Balaban J connectivity index is 1.95. The van der Waals surface area contributed by atoms with Crippen molar-refractivity contribution in [1.29, 1.82) is 0 Å². The van der Waals surface area contributed by atoms with Gasteiger partial charge in [-0.05, 0) is 32.9 Å². The Morgan fingerprint density at radius 1 is 1.38 bits per heavy atom. The second kappa shape index (κ2) is 3.64. The van der Waals surface area contributed by atoms with Crippen LogP contribution in [0, 0.1) is 0 Å². The van der Waals surface area contributed by atoms with Crippen molar-refractivity contribution in [3.8, 4) is 0 Å². The van der Waals surface area contributed by atoms with E-state index in [4.69, 9.17) is 0 Å². The Bertz CT molecular complexity index is 201. The minimum atomic E-state index is 0.263. The molecule has 2 aliphatic rings. The average molecular weight is 183 g/mol. The Labute approximate surface area is 78.6 Å². The number of carbonyl (C=O) groups excluding carboxylic acids is 1. The van der Waals surface area contributed by atoms with Crippen molar-refractivity contribution in [2.45, 2.75) is 38.3 Å². The quantitative estimate of drug-likeness (QED) is 0.595. The number of piperidine rings is 1. The van der Waals surface area contributed by atoms with Crippen LogP contribution in [0.4, 0.5) is 0 Å². The molecule has 1 atom stereocenters. The van der Waals surface area contributed by atoms with Gasteiger partial charge in [0.25, 0.3) is 0 Å². The van der Waals surface area contributed by atoms with Crippen LogP contribution in [0.3, 0.4) is 0 Å². The number of rotatable bonds is 1.